The third-order valence-corrected chi connectivity index (χ3v) is 5.71. The smallest absolute Gasteiger partial charge is 0.254 e. The Bertz CT molecular complexity index is 948. The summed E-state index contributed by atoms with van der Waals surface area (Å²) in [6.07, 6.45) is 2.75. The number of piperidine rings is 1. The zero-order valence-electron chi connectivity index (χ0n) is 18.6. The summed E-state index contributed by atoms with van der Waals surface area (Å²) in [4.78, 5) is 29.5. The minimum Gasteiger partial charge on any atom is -0.497 e. The lowest BCUT2D eigenvalue weighted by Crippen LogP contribution is -2.44. The highest BCUT2D eigenvalue weighted by Gasteiger charge is 2.31. The van der Waals surface area contributed by atoms with Gasteiger partial charge in [0.15, 0.2) is 0 Å². The molecule has 3 rings (SSSR count). The van der Waals surface area contributed by atoms with Crippen LogP contribution in [-0.4, -0.2) is 55.5 Å². The molecule has 0 N–H and O–H groups in total. The Morgan fingerprint density at radius 1 is 1.12 bits per heavy atom. The first kappa shape index (κ1) is 23.3. The van der Waals surface area contributed by atoms with E-state index in [4.69, 9.17) is 9.47 Å². The van der Waals surface area contributed by atoms with E-state index in [-0.39, 0.29) is 30.1 Å². The average molecular weight is 441 g/mol. The van der Waals surface area contributed by atoms with Gasteiger partial charge in [0, 0.05) is 49.3 Å². The van der Waals surface area contributed by atoms with Crippen molar-refractivity contribution in [3.63, 3.8) is 0 Å². The van der Waals surface area contributed by atoms with Crippen molar-refractivity contribution in [1.82, 2.24) is 9.80 Å². The number of hydrogen-bond donors (Lipinski definition) is 0. The maximum Gasteiger partial charge on any atom is 0.254 e. The molecule has 32 heavy (non-hydrogen) atoms. The van der Waals surface area contributed by atoms with E-state index in [0.717, 1.165) is 0 Å². The number of benzene rings is 2. The molecule has 6 nitrogen and oxygen atoms in total. The number of hydrogen-bond acceptors (Lipinski definition) is 4. The maximum atomic E-state index is 14.1. The van der Waals surface area contributed by atoms with E-state index in [1.807, 2.05) is 0 Å². The highest BCUT2D eigenvalue weighted by Crippen LogP contribution is 2.26. The monoisotopic (exact) mass is 440 g/mol. The molecule has 0 atom stereocenters. The van der Waals surface area contributed by atoms with Crippen LogP contribution in [0.3, 0.4) is 0 Å². The number of amides is 2. The Balaban J connectivity index is 1.65. The Labute approximate surface area is 188 Å². The van der Waals surface area contributed by atoms with Crippen molar-refractivity contribution in [3.8, 4) is 11.5 Å². The van der Waals surface area contributed by atoms with Crippen LogP contribution in [0.4, 0.5) is 4.39 Å². The molecule has 1 aliphatic rings. The maximum absolute atomic E-state index is 14.1. The van der Waals surface area contributed by atoms with Gasteiger partial charge in [0.1, 0.15) is 17.3 Å². The van der Waals surface area contributed by atoms with Gasteiger partial charge in [0.05, 0.1) is 14.2 Å². The van der Waals surface area contributed by atoms with E-state index in [2.05, 4.69) is 6.58 Å². The van der Waals surface area contributed by atoms with Crippen molar-refractivity contribution in [2.24, 2.45) is 5.92 Å². The van der Waals surface area contributed by atoms with Gasteiger partial charge in [-0.1, -0.05) is 24.3 Å². The minimum absolute atomic E-state index is 0.0386. The Hall–Kier alpha value is -3.35. The molecule has 0 radical (unpaired) electrons. The van der Waals surface area contributed by atoms with Gasteiger partial charge in [0.2, 0.25) is 5.91 Å². The highest BCUT2D eigenvalue weighted by molar-refractivity contribution is 5.95. The van der Waals surface area contributed by atoms with Gasteiger partial charge in [-0.3, -0.25) is 9.59 Å². The largest absolute Gasteiger partial charge is 0.497 e. The molecule has 2 aromatic carbocycles. The summed E-state index contributed by atoms with van der Waals surface area (Å²) < 4.78 is 24.6. The van der Waals surface area contributed by atoms with Crippen molar-refractivity contribution < 1.29 is 23.5 Å². The Morgan fingerprint density at radius 3 is 2.31 bits per heavy atom. The third-order valence-electron chi connectivity index (χ3n) is 5.71. The molecule has 1 aliphatic heterocycles. The molecule has 2 aromatic rings. The van der Waals surface area contributed by atoms with Gasteiger partial charge in [-0.15, -0.1) is 6.58 Å². The highest BCUT2D eigenvalue weighted by atomic mass is 19.1. The quantitative estimate of drug-likeness (QED) is 0.584. The SMILES string of the molecule is C=CCN(Cc1ccccc1F)C(=O)C1CCN(C(=O)c2cc(OC)cc(OC)c2)CC1. The molecule has 0 saturated carbocycles. The number of carbonyl (C=O) groups is 2. The Kier molecular flexibility index (Phi) is 7.87. The number of ether oxygens (including phenoxy) is 2. The number of rotatable bonds is 8. The van der Waals surface area contributed by atoms with Gasteiger partial charge in [-0.2, -0.15) is 0 Å². The molecule has 0 aromatic heterocycles. The van der Waals surface area contributed by atoms with Gasteiger partial charge in [0.25, 0.3) is 5.91 Å². The standard InChI is InChI=1S/C25H29FN2O4/c1-4-11-28(17-19-7-5-6-8-23(19)26)24(29)18-9-12-27(13-10-18)25(30)20-14-21(31-2)16-22(15-20)32-3/h4-8,14-16,18H,1,9-13,17H2,2-3H3. The lowest BCUT2D eigenvalue weighted by molar-refractivity contribution is -0.137. The van der Waals surface area contributed by atoms with Crippen molar-refractivity contribution in [2.45, 2.75) is 19.4 Å². The van der Waals surface area contributed by atoms with E-state index in [1.54, 1.807) is 52.3 Å². The lowest BCUT2D eigenvalue weighted by atomic mass is 9.94. The second-order valence-corrected chi connectivity index (χ2v) is 7.77. The Morgan fingerprint density at radius 2 is 1.75 bits per heavy atom. The molecule has 170 valence electrons. The first-order chi connectivity index (χ1) is 15.5. The van der Waals surface area contributed by atoms with E-state index in [1.165, 1.54) is 20.3 Å². The topological polar surface area (TPSA) is 59.1 Å². The summed E-state index contributed by atoms with van der Waals surface area (Å²) in [7, 11) is 3.08. The molecular weight excluding hydrogens is 411 g/mol. The van der Waals surface area contributed by atoms with Crippen LogP contribution in [0.5, 0.6) is 11.5 Å². The fourth-order valence-electron chi connectivity index (χ4n) is 3.92. The summed E-state index contributed by atoms with van der Waals surface area (Å²) in [6.45, 7) is 5.20. The second-order valence-electron chi connectivity index (χ2n) is 7.77. The molecule has 0 aliphatic carbocycles. The molecule has 0 spiro atoms. The van der Waals surface area contributed by atoms with E-state index in [0.29, 0.717) is 55.1 Å². The fraction of sp³-hybridized carbons (Fsp3) is 0.360. The normalized spacial score (nSPS) is 14.0. The van der Waals surface area contributed by atoms with E-state index >= 15 is 0 Å². The van der Waals surface area contributed by atoms with E-state index < -0.39 is 0 Å². The zero-order valence-corrected chi connectivity index (χ0v) is 18.6. The molecule has 1 saturated heterocycles. The molecule has 1 fully saturated rings. The van der Waals surface area contributed by atoms with Gasteiger partial charge in [-0.05, 0) is 31.0 Å². The average Bonchev–Trinajstić information content (AvgIpc) is 2.83. The van der Waals surface area contributed by atoms with Crippen LogP contribution in [0.25, 0.3) is 0 Å². The molecule has 2 amide bonds. The molecule has 0 unspecified atom stereocenters. The number of methoxy groups -OCH3 is 2. The number of nitrogens with zero attached hydrogens (tertiary/aromatic N) is 2. The minimum atomic E-state index is -0.330. The van der Waals surface area contributed by atoms with Gasteiger partial charge in [-0.25, -0.2) is 4.39 Å². The first-order valence-corrected chi connectivity index (χ1v) is 10.6. The molecule has 0 bridgehead atoms. The van der Waals surface area contributed by atoms with Crippen LogP contribution >= 0.6 is 0 Å². The second kappa shape index (κ2) is 10.8. The zero-order chi connectivity index (χ0) is 23.1. The predicted octanol–water partition coefficient (Wildman–Crippen LogP) is 3.91. The van der Waals surface area contributed by atoms with Crippen LogP contribution in [-0.2, 0) is 11.3 Å². The first-order valence-electron chi connectivity index (χ1n) is 10.6. The number of halogens is 1. The van der Waals surface area contributed by atoms with Crippen molar-refractivity contribution in [3.05, 3.63) is 72.1 Å². The summed E-state index contributed by atoms with van der Waals surface area (Å²) in [5.41, 5.74) is 0.959. The number of likely N-dealkylation sites (tertiary alicyclic amines) is 1. The van der Waals surface area contributed by atoms with Crippen LogP contribution < -0.4 is 9.47 Å². The predicted molar refractivity (Wildman–Crippen MR) is 120 cm³/mol. The summed E-state index contributed by atoms with van der Waals surface area (Å²) in [5, 5.41) is 0. The lowest BCUT2D eigenvalue weighted by Gasteiger charge is -2.34. The van der Waals surface area contributed by atoms with Crippen LogP contribution in [0.15, 0.2) is 55.1 Å². The van der Waals surface area contributed by atoms with Crippen molar-refractivity contribution in [2.75, 3.05) is 33.9 Å². The molecular formula is C25H29FN2O4. The molecule has 1 heterocycles. The summed E-state index contributed by atoms with van der Waals surface area (Å²) in [6, 6.07) is 11.5. The van der Waals surface area contributed by atoms with Gasteiger partial charge < -0.3 is 19.3 Å². The van der Waals surface area contributed by atoms with Crippen LogP contribution in [0.2, 0.25) is 0 Å². The number of carbonyl (C=O) groups excluding carboxylic acids is 2. The summed E-state index contributed by atoms with van der Waals surface area (Å²) in [5.74, 6) is 0.386. The molecule has 7 heteroatoms. The van der Waals surface area contributed by atoms with E-state index in [9.17, 15) is 14.0 Å². The van der Waals surface area contributed by atoms with Gasteiger partial charge >= 0.3 is 0 Å². The fourth-order valence-corrected chi connectivity index (χ4v) is 3.92. The third kappa shape index (κ3) is 5.46. The van der Waals surface area contributed by atoms with Crippen LogP contribution in [0, 0.1) is 11.7 Å². The summed E-state index contributed by atoms with van der Waals surface area (Å²) >= 11 is 0. The van der Waals surface area contributed by atoms with Crippen LogP contribution in [0.1, 0.15) is 28.8 Å². The van der Waals surface area contributed by atoms with Crippen molar-refractivity contribution >= 4 is 11.8 Å². The van der Waals surface area contributed by atoms with Crippen molar-refractivity contribution in [1.29, 1.82) is 0 Å².